The van der Waals surface area contributed by atoms with Crippen molar-refractivity contribution in [3.63, 3.8) is 0 Å². The first-order chi connectivity index (χ1) is 25.1. The second-order valence-electron chi connectivity index (χ2n) is 13.0. The van der Waals surface area contributed by atoms with Gasteiger partial charge in [-0.2, -0.15) is 4.39 Å². The van der Waals surface area contributed by atoms with Gasteiger partial charge < -0.3 is 28.5 Å². The molecule has 3 heterocycles. The third kappa shape index (κ3) is 8.90. The topological polar surface area (TPSA) is 147 Å². The minimum atomic E-state index is -0.856. The number of carbonyl (C=O) groups excluding carboxylic acids is 2. The fraction of sp³-hybridized carbons (Fsp3) is 0.472. The molecule has 0 radical (unpaired) electrons. The average molecular weight is 762 g/mol. The Labute approximate surface area is 309 Å². The second kappa shape index (κ2) is 16.8. The molecule has 278 valence electrons. The quantitative estimate of drug-likeness (QED) is 0.0765. The molecule has 2 aromatic carbocycles. The van der Waals surface area contributed by atoms with E-state index in [-0.39, 0.29) is 56.0 Å². The fourth-order valence-electron chi connectivity index (χ4n) is 6.59. The average Bonchev–Trinajstić information content (AvgIpc) is 3.85. The molecule has 2 bridgehead atoms. The van der Waals surface area contributed by atoms with Crippen molar-refractivity contribution in [2.24, 2.45) is 0 Å². The molecule has 0 N–H and O–H groups in total. The van der Waals surface area contributed by atoms with Crippen LogP contribution in [0.3, 0.4) is 0 Å². The number of hydrogen-bond donors (Lipinski definition) is 0. The van der Waals surface area contributed by atoms with Crippen LogP contribution in [-0.4, -0.2) is 70.0 Å². The Morgan fingerprint density at radius 2 is 1.83 bits per heavy atom. The second-order valence-corrected chi connectivity index (χ2v) is 13.8. The van der Waals surface area contributed by atoms with Crippen LogP contribution in [0.1, 0.15) is 68.3 Å². The SMILES string of the molecule is Cc1onc(OCCCc2ccc(OC3=C(C(=O)N(Cc4cccc(Cl)c4Cl)C4CC4)C4CCC(C3)N4C(=O)OCCCCO[N+](=O)[O-])cc2)c1F. The largest absolute Gasteiger partial charge is 0.473 e. The lowest BCUT2D eigenvalue weighted by molar-refractivity contribution is -0.757. The van der Waals surface area contributed by atoms with E-state index in [9.17, 15) is 24.1 Å². The fourth-order valence-corrected chi connectivity index (χ4v) is 6.97. The summed E-state index contributed by atoms with van der Waals surface area (Å²) in [4.78, 5) is 46.3. The summed E-state index contributed by atoms with van der Waals surface area (Å²) >= 11 is 12.9. The summed E-state index contributed by atoms with van der Waals surface area (Å²) in [5.41, 5.74) is 2.14. The lowest BCUT2D eigenvalue weighted by Gasteiger charge is -2.38. The smallest absolute Gasteiger partial charge is 0.410 e. The molecule has 6 rings (SSSR count). The molecule has 2 fully saturated rings. The highest BCUT2D eigenvalue weighted by Gasteiger charge is 2.50. The van der Waals surface area contributed by atoms with E-state index in [1.807, 2.05) is 30.3 Å². The van der Waals surface area contributed by atoms with Crippen LogP contribution in [0, 0.1) is 22.9 Å². The molecule has 1 aromatic heterocycles. The van der Waals surface area contributed by atoms with Gasteiger partial charge in [0.25, 0.3) is 16.9 Å². The van der Waals surface area contributed by atoms with E-state index >= 15 is 0 Å². The normalized spacial score (nSPS) is 18.0. The van der Waals surface area contributed by atoms with Crippen LogP contribution in [0.4, 0.5) is 9.18 Å². The summed E-state index contributed by atoms with van der Waals surface area (Å²) in [6.07, 6.45) is 4.68. The maximum absolute atomic E-state index is 14.7. The van der Waals surface area contributed by atoms with Gasteiger partial charge in [0, 0.05) is 25.0 Å². The summed E-state index contributed by atoms with van der Waals surface area (Å²) in [6.45, 7) is 1.95. The Balaban J connectivity index is 1.18. The van der Waals surface area contributed by atoms with Crippen molar-refractivity contribution in [1.29, 1.82) is 0 Å². The van der Waals surface area contributed by atoms with Crippen LogP contribution in [0.5, 0.6) is 11.6 Å². The van der Waals surface area contributed by atoms with Crippen molar-refractivity contribution < 1.29 is 42.6 Å². The number of amides is 2. The number of nitrogens with zero attached hydrogens (tertiary/aromatic N) is 4. The highest BCUT2D eigenvalue weighted by molar-refractivity contribution is 6.42. The van der Waals surface area contributed by atoms with Crippen molar-refractivity contribution in [1.82, 2.24) is 15.0 Å². The summed E-state index contributed by atoms with van der Waals surface area (Å²) < 4.78 is 36.2. The molecule has 13 nitrogen and oxygen atoms in total. The predicted molar refractivity (Wildman–Crippen MR) is 186 cm³/mol. The number of ether oxygens (including phenoxy) is 3. The van der Waals surface area contributed by atoms with E-state index in [1.54, 1.807) is 21.9 Å². The lowest BCUT2D eigenvalue weighted by Crippen LogP contribution is -2.50. The van der Waals surface area contributed by atoms with Gasteiger partial charge in [-0.15, -0.1) is 10.1 Å². The van der Waals surface area contributed by atoms with Gasteiger partial charge in [-0.05, 0) is 92.8 Å². The summed E-state index contributed by atoms with van der Waals surface area (Å²) in [6, 6.07) is 12.1. The van der Waals surface area contributed by atoms with Crippen molar-refractivity contribution in [3.05, 3.63) is 96.7 Å². The van der Waals surface area contributed by atoms with E-state index in [4.69, 9.17) is 41.9 Å². The van der Waals surface area contributed by atoms with Gasteiger partial charge in [0.1, 0.15) is 11.5 Å². The number of aryl methyl sites for hydroxylation is 2. The van der Waals surface area contributed by atoms with E-state index in [0.29, 0.717) is 72.1 Å². The first-order valence-electron chi connectivity index (χ1n) is 17.3. The van der Waals surface area contributed by atoms with Gasteiger partial charge in [-0.25, -0.2) is 4.79 Å². The number of fused-ring (bicyclic) bond motifs is 2. The zero-order valence-electron chi connectivity index (χ0n) is 28.6. The van der Waals surface area contributed by atoms with Crippen LogP contribution in [0.25, 0.3) is 0 Å². The van der Waals surface area contributed by atoms with Gasteiger partial charge in [0.15, 0.2) is 5.76 Å². The van der Waals surface area contributed by atoms with Crippen LogP contribution in [-0.2, 0) is 27.3 Å². The molecular formula is C36H39Cl2FN4O9. The maximum atomic E-state index is 14.7. The van der Waals surface area contributed by atoms with Crippen LogP contribution in [0.2, 0.25) is 10.0 Å². The van der Waals surface area contributed by atoms with Crippen molar-refractivity contribution in [2.45, 2.75) is 89.4 Å². The van der Waals surface area contributed by atoms with Crippen molar-refractivity contribution in [3.8, 4) is 11.6 Å². The number of halogens is 3. The third-order valence-corrected chi connectivity index (χ3v) is 10.2. The van der Waals surface area contributed by atoms with E-state index in [0.717, 1.165) is 24.0 Å². The highest BCUT2D eigenvalue weighted by Crippen LogP contribution is 2.43. The predicted octanol–water partition coefficient (Wildman–Crippen LogP) is 7.63. The van der Waals surface area contributed by atoms with Gasteiger partial charge in [0.2, 0.25) is 5.82 Å². The molecule has 16 heteroatoms. The number of hydrogen-bond acceptors (Lipinski definition) is 10. The minimum absolute atomic E-state index is 0.00489. The molecule has 52 heavy (non-hydrogen) atoms. The number of rotatable bonds is 17. The molecule has 2 aliphatic heterocycles. The molecule has 2 unspecified atom stereocenters. The standard InChI is InChI=1S/C36H39Cl2FN4O9/c1-22-33(39)34(40-52-22)48-18-5-6-23-9-14-27(15-10-23)51-30-20-26-13-16-29(42(26)36(45)49-17-2-3-19-50-43(46)47)31(30)35(44)41(25-11-12-25)21-24-7-4-8-28(37)32(24)38/h4,7-10,14-15,25-26,29H,2-3,5-6,11-13,16-21H2,1H3. The zero-order valence-corrected chi connectivity index (χ0v) is 30.1. The van der Waals surface area contributed by atoms with Gasteiger partial charge in [0.05, 0.1) is 41.5 Å². The minimum Gasteiger partial charge on any atom is -0.473 e. The molecule has 1 aliphatic carbocycles. The van der Waals surface area contributed by atoms with Crippen molar-refractivity contribution in [2.75, 3.05) is 19.8 Å². The first kappa shape index (κ1) is 37.2. The molecule has 3 aliphatic rings. The van der Waals surface area contributed by atoms with Crippen LogP contribution >= 0.6 is 23.2 Å². The van der Waals surface area contributed by atoms with Gasteiger partial charge >= 0.3 is 6.09 Å². The molecule has 2 amide bonds. The van der Waals surface area contributed by atoms with Crippen molar-refractivity contribution >= 4 is 35.2 Å². The molecule has 1 saturated heterocycles. The third-order valence-electron chi connectivity index (χ3n) is 9.36. The van der Waals surface area contributed by atoms with Crippen LogP contribution < -0.4 is 9.47 Å². The van der Waals surface area contributed by atoms with E-state index in [1.165, 1.54) is 6.92 Å². The Bertz CT molecular complexity index is 1800. The first-order valence-corrected chi connectivity index (χ1v) is 18.1. The van der Waals surface area contributed by atoms with E-state index < -0.39 is 23.0 Å². The maximum Gasteiger partial charge on any atom is 0.410 e. The van der Waals surface area contributed by atoms with E-state index in [2.05, 4.69) is 9.99 Å². The number of unbranched alkanes of at least 4 members (excludes halogenated alkanes) is 1. The zero-order chi connectivity index (χ0) is 36.8. The number of benzene rings is 2. The Morgan fingerprint density at radius 3 is 2.54 bits per heavy atom. The number of carbonyl (C=O) groups is 2. The lowest BCUT2D eigenvalue weighted by atomic mass is 9.97. The Hall–Kier alpha value is -4.56. The highest BCUT2D eigenvalue weighted by atomic mass is 35.5. The molecule has 1 saturated carbocycles. The Kier molecular flexibility index (Phi) is 12.1. The summed E-state index contributed by atoms with van der Waals surface area (Å²) in [5.74, 6) is 0.144. The molecular weight excluding hydrogens is 722 g/mol. The molecule has 0 spiro atoms. The summed E-state index contributed by atoms with van der Waals surface area (Å²) in [5, 5.41) is 13.9. The Morgan fingerprint density at radius 1 is 1.06 bits per heavy atom. The monoisotopic (exact) mass is 760 g/mol. The van der Waals surface area contributed by atoms with Gasteiger partial charge in [-0.1, -0.05) is 47.5 Å². The molecule has 2 atom stereocenters. The van der Waals surface area contributed by atoms with Crippen LogP contribution in [0.15, 0.2) is 58.3 Å². The van der Waals surface area contributed by atoms with Gasteiger partial charge in [-0.3, -0.25) is 9.69 Å². The molecule has 3 aromatic rings. The summed E-state index contributed by atoms with van der Waals surface area (Å²) in [7, 11) is 0. The number of aromatic nitrogens is 1.